The summed E-state index contributed by atoms with van der Waals surface area (Å²) in [7, 11) is 0. The fourth-order valence-corrected chi connectivity index (χ4v) is 5.86. The van der Waals surface area contributed by atoms with Gasteiger partial charge in [-0.1, -0.05) is 26.3 Å². The van der Waals surface area contributed by atoms with E-state index in [1.807, 2.05) is 0 Å². The largest absolute Gasteiger partial charge is 0.390 e. The minimum absolute atomic E-state index is 0.0619. The van der Waals surface area contributed by atoms with Crippen LogP contribution in [-0.4, -0.2) is 108 Å². The Hall–Kier alpha value is -5.00. The minimum Gasteiger partial charge on any atom is -0.390 e. The number of nitrogen functional groups attached to an aromatic ring is 2. The molecule has 0 spiro atoms. The van der Waals surface area contributed by atoms with Crippen LogP contribution in [0.4, 0.5) is 20.7 Å². The first-order valence-corrected chi connectivity index (χ1v) is 15.4. The van der Waals surface area contributed by atoms with E-state index in [0.29, 0.717) is 0 Å². The van der Waals surface area contributed by atoms with Crippen LogP contribution in [0, 0.1) is 12.3 Å². The van der Waals surface area contributed by atoms with Crippen LogP contribution in [0.5, 0.6) is 0 Å². The third-order valence-electron chi connectivity index (χ3n) is 8.42. The van der Waals surface area contributed by atoms with E-state index in [9.17, 15) is 38.8 Å². The molecule has 2 saturated heterocycles. The Bertz CT molecular complexity index is 2090. The lowest BCUT2D eigenvalue weighted by Crippen LogP contribution is -2.36. The molecule has 2 aliphatic rings. The number of hydrogen-bond donors (Lipinski definition) is 6. The fourth-order valence-electron chi connectivity index (χ4n) is 5.86. The lowest BCUT2D eigenvalue weighted by atomic mass is 10.1. The Labute approximate surface area is 281 Å². The van der Waals surface area contributed by atoms with Crippen molar-refractivity contribution in [3.63, 3.8) is 0 Å². The SMILES string of the molecule is C#CCn1c(=O)n([C@@H]2O[C@H]([C@@H](O)CC)[C@H](F)[C@H]2O)c2nc(N)ncc21.C=C=Cn1c(=O)n([C@@H]2O[C@H]([C@@H](O)CC)[C@H](F)[C@H]2O)c2nc(N)ncc21. The lowest BCUT2D eigenvalue weighted by molar-refractivity contribution is -0.0799. The van der Waals surface area contributed by atoms with E-state index in [2.05, 4.69) is 38.2 Å². The number of ether oxygens (including phenoxy) is 2. The minimum atomic E-state index is -1.86. The van der Waals surface area contributed by atoms with E-state index in [0.717, 1.165) is 13.7 Å². The Kier molecular flexibility index (Phi) is 10.5. The van der Waals surface area contributed by atoms with Gasteiger partial charge in [-0.05, 0) is 12.8 Å². The number of imidazole rings is 2. The number of aliphatic hydroxyl groups excluding tert-OH is 4. The topological polar surface area (TPSA) is 257 Å². The molecule has 20 heteroatoms. The van der Waals surface area contributed by atoms with E-state index in [1.54, 1.807) is 13.8 Å². The van der Waals surface area contributed by atoms with E-state index in [-0.39, 0.29) is 53.6 Å². The van der Waals surface area contributed by atoms with Gasteiger partial charge in [-0.25, -0.2) is 37.5 Å². The van der Waals surface area contributed by atoms with Crippen molar-refractivity contribution in [1.29, 1.82) is 0 Å². The third kappa shape index (κ3) is 6.16. The molecule has 0 amide bonds. The number of hydrogen-bond acceptors (Lipinski definition) is 14. The second-order valence-corrected chi connectivity index (χ2v) is 11.5. The molecule has 0 aliphatic carbocycles. The number of nitrogens with two attached hydrogens (primary N) is 2. The van der Waals surface area contributed by atoms with Crippen LogP contribution in [0.1, 0.15) is 39.1 Å². The van der Waals surface area contributed by atoms with Crippen molar-refractivity contribution in [3.8, 4) is 12.3 Å². The molecule has 4 aromatic heterocycles. The molecular weight excluding hydrogens is 666 g/mol. The van der Waals surface area contributed by atoms with Gasteiger partial charge < -0.3 is 41.4 Å². The summed E-state index contributed by atoms with van der Waals surface area (Å²) in [5.41, 5.74) is 13.0. The molecule has 6 rings (SSSR count). The smallest absolute Gasteiger partial charge is 0.337 e. The molecule has 4 aromatic rings. The number of rotatable bonds is 8. The summed E-state index contributed by atoms with van der Waals surface area (Å²) in [6.07, 6.45) is -4.91. The summed E-state index contributed by atoms with van der Waals surface area (Å²) in [6, 6.07) is 0. The monoisotopic (exact) mass is 702 g/mol. The third-order valence-corrected chi connectivity index (χ3v) is 8.42. The molecule has 0 aromatic carbocycles. The van der Waals surface area contributed by atoms with E-state index in [1.165, 1.54) is 23.2 Å². The van der Waals surface area contributed by atoms with Gasteiger partial charge in [0.25, 0.3) is 0 Å². The highest BCUT2D eigenvalue weighted by atomic mass is 19.1. The van der Waals surface area contributed by atoms with Gasteiger partial charge >= 0.3 is 11.4 Å². The standard InChI is InChI=1S/2C15H18FN5O4/c2*1-3-5-20-7-6-18-14(17)19-12(7)21(15(20)24)13-10(23)9(16)11(25-13)8(22)4-2/h5-6,8-11,13,22-23H,1,4H2,2H3,(H2,17,18,19);1,6,8-11,13,22-23H,4-5H2,2H3,(H2,17,18,19)/t2*8-,9+,10+,11+,13+/m00/s1. The van der Waals surface area contributed by atoms with Crippen LogP contribution >= 0.6 is 0 Å². The highest BCUT2D eigenvalue weighted by Gasteiger charge is 2.50. The van der Waals surface area contributed by atoms with E-state index < -0.39 is 72.8 Å². The zero-order valence-electron chi connectivity index (χ0n) is 26.8. The number of halogens is 2. The highest BCUT2D eigenvalue weighted by Crippen LogP contribution is 2.36. The second kappa shape index (κ2) is 14.5. The summed E-state index contributed by atoms with van der Waals surface area (Å²) in [6.45, 7) is 6.65. The first kappa shape index (κ1) is 36.3. The van der Waals surface area contributed by atoms with Gasteiger partial charge in [-0.15, -0.1) is 12.2 Å². The summed E-state index contributed by atoms with van der Waals surface area (Å²) < 4.78 is 44.0. The molecule has 6 heterocycles. The van der Waals surface area contributed by atoms with Crippen LogP contribution < -0.4 is 22.8 Å². The van der Waals surface area contributed by atoms with Crippen LogP contribution in [0.25, 0.3) is 28.5 Å². The molecule has 268 valence electrons. The quantitative estimate of drug-likeness (QED) is 0.0949. The summed E-state index contributed by atoms with van der Waals surface area (Å²) in [5, 5.41) is 40.2. The summed E-state index contributed by atoms with van der Waals surface area (Å²) in [5.74, 6) is 2.13. The molecule has 10 atom stereocenters. The van der Waals surface area contributed by atoms with Crippen molar-refractivity contribution < 1.29 is 38.7 Å². The van der Waals surface area contributed by atoms with Crippen molar-refractivity contribution in [3.05, 3.63) is 45.7 Å². The maximum atomic E-state index is 14.4. The maximum absolute atomic E-state index is 14.4. The van der Waals surface area contributed by atoms with Crippen LogP contribution in [0.3, 0.4) is 0 Å². The van der Waals surface area contributed by atoms with Crippen LogP contribution in [0.2, 0.25) is 0 Å². The molecule has 18 nitrogen and oxygen atoms in total. The molecule has 2 fully saturated rings. The number of terminal acetylenes is 1. The Morgan fingerprint density at radius 2 is 1.38 bits per heavy atom. The number of alkyl halides is 2. The van der Waals surface area contributed by atoms with Crippen molar-refractivity contribution in [2.75, 3.05) is 11.5 Å². The zero-order chi connectivity index (χ0) is 36.6. The lowest BCUT2D eigenvalue weighted by Gasteiger charge is -2.18. The Morgan fingerprint density at radius 1 is 0.920 bits per heavy atom. The molecule has 50 heavy (non-hydrogen) atoms. The predicted octanol–water partition coefficient (Wildman–Crippen LogP) is -1.03. The first-order valence-electron chi connectivity index (χ1n) is 15.4. The normalized spacial score (nSPS) is 27.4. The van der Waals surface area contributed by atoms with Crippen molar-refractivity contribution in [1.82, 2.24) is 38.2 Å². The van der Waals surface area contributed by atoms with Crippen molar-refractivity contribution in [2.24, 2.45) is 0 Å². The van der Waals surface area contributed by atoms with Gasteiger partial charge in [-0.2, -0.15) is 9.97 Å². The van der Waals surface area contributed by atoms with Gasteiger partial charge in [-0.3, -0.25) is 9.13 Å². The van der Waals surface area contributed by atoms with Gasteiger partial charge in [0, 0.05) is 0 Å². The number of nitrogens with zero attached hydrogens (tertiary/aromatic N) is 8. The Balaban J connectivity index is 0.000000194. The predicted molar refractivity (Wildman–Crippen MR) is 173 cm³/mol. The maximum Gasteiger partial charge on any atom is 0.337 e. The molecule has 0 unspecified atom stereocenters. The van der Waals surface area contributed by atoms with Crippen molar-refractivity contribution in [2.45, 2.75) is 94.7 Å². The average Bonchev–Trinajstić information content (AvgIpc) is 3.74. The second-order valence-electron chi connectivity index (χ2n) is 11.5. The van der Waals surface area contributed by atoms with Gasteiger partial charge in [0.2, 0.25) is 11.9 Å². The fraction of sp³-hybridized carbons (Fsp3) is 0.500. The summed E-state index contributed by atoms with van der Waals surface area (Å²) in [4.78, 5) is 41.1. The number of anilines is 2. The van der Waals surface area contributed by atoms with Crippen LogP contribution in [0.15, 0.2) is 34.3 Å². The molecule has 8 N–H and O–H groups in total. The number of fused-ring (bicyclic) bond motifs is 2. The molecule has 0 bridgehead atoms. The van der Waals surface area contributed by atoms with Crippen molar-refractivity contribution >= 4 is 40.4 Å². The average molecular weight is 703 g/mol. The molecular formula is C30H36F2N10O8. The van der Waals surface area contributed by atoms with E-state index >= 15 is 0 Å². The highest BCUT2D eigenvalue weighted by molar-refractivity contribution is 5.74. The van der Waals surface area contributed by atoms with Gasteiger partial charge in [0.15, 0.2) is 36.1 Å². The zero-order valence-corrected chi connectivity index (χ0v) is 26.8. The number of aromatic nitrogens is 8. The number of aliphatic hydroxyl groups is 4. The van der Waals surface area contributed by atoms with Gasteiger partial charge in [0.05, 0.1) is 37.3 Å². The Morgan fingerprint density at radius 3 is 1.84 bits per heavy atom. The molecule has 0 radical (unpaired) electrons. The molecule has 0 saturated carbocycles. The first-order chi connectivity index (χ1) is 23.8. The summed E-state index contributed by atoms with van der Waals surface area (Å²) >= 11 is 0. The van der Waals surface area contributed by atoms with Crippen LogP contribution in [-0.2, 0) is 16.0 Å². The van der Waals surface area contributed by atoms with E-state index in [4.69, 9.17) is 27.4 Å². The molecule has 2 aliphatic heterocycles. The van der Waals surface area contributed by atoms with Gasteiger partial charge in [0.1, 0.15) is 35.4 Å².